The van der Waals surface area contributed by atoms with E-state index in [9.17, 15) is 0 Å². The van der Waals surface area contributed by atoms with Crippen molar-refractivity contribution in [3.8, 4) is 0 Å². The second-order valence-electron chi connectivity index (χ2n) is 5.31. The first kappa shape index (κ1) is 12.7. The molecule has 2 aliphatic rings. The average Bonchev–Trinajstić information content (AvgIpc) is 2.57. The van der Waals surface area contributed by atoms with Crippen LogP contribution >= 0.6 is 11.8 Å². The molecular weight excluding hydrogens is 216 g/mol. The minimum absolute atomic E-state index is 0.778. The van der Waals surface area contributed by atoms with Gasteiger partial charge in [0.2, 0.25) is 0 Å². The monoisotopic (exact) mass is 242 g/mol. The van der Waals surface area contributed by atoms with Crippen LogP contribution in [-0.2, 0) is 0 Å². The van der Waals surface area contributed by atoms with Crippen LogP contribution in [-0.4, -0.2) is 48.1 Å². The molecule has 2 heterocycles. The van der Waals surface area contributed by atoms with Gasteiger partial charge < -0.3 is 5.32 Å². The maximum atomic E-state index is 3.48. The largest absolute Gasteiger partial charge is 0.317 e. The summed E-state index contributed by atoms with van der Waals surface area (Å²) in [5.41, 5.74) is 0. The van der Waals surface area contributed by atoms with Crippen LogP contribution in [0.1, 0.15) is 39.0 Å². The molecule has 0 amide bonds. The van der Waals surface area contributed by atoms with Gasteiger partial charge in [0.25, 0.3) is 0 Å². The first-order valence-corrected chi connectivity index (χ1v) is 8.13. The molecule has 3 unspecified atom stereocenters. The maximum absolute atomic E-state index is 3.48. The fourth-order valence-electron chi connectivity index (χ4n) is 3.65. The minimum atomic E-state index is 0.778. The summed E-state index contributed by atoms with van der Waals surface area (Å²) in [6, 6.07) is 3.34. The Morgan fingerprint density at radius 3 is 2.38 bits per heavy atom. The quantitative estimate of drug-likeness (QED) is 0.797. The van der Waals surface area contributed by atoms with Gasteiger partial charge in [0.05, 0.1) is 0 Å². The highest BCUT2D eigenvalue weighted by molar-refractivity contribution is 7.98. The Labute approximate surface area is 105 Å². The molecule has 0 aromatic heterocycles. The Balaban J connectivity index is 2.01. The van der Waals surface area contributed by atoms with Gasteiger partial charge in [0.15, 0.2) is 0 Å². The van der Waals surface area contributed by atoms with Crippen molar-refractivity contribution in [2.75, 3.05) is 19.1 Å². The van der Waals surface area contributed by atoms with Crippen molar-refractivity contribution in [1.29, 1.82) is 0 Å². The van der Waals surface area contributed by atoms with Crippen molar-refractivity contribution in [1.82, 2.24) is 10.2 Å². The summed E-state index contributed by atoms with van der Waals surface area (Å²) < 4.78 is 0. The third-order valence-electron chi connectivity index (χ3n) is 4.45. The summed E-state index contributed by atoms with van der Waals surface area (Å²) >= 11 is 2.01. The summed E-state index contributed by atoms with van der Waals surface area (Å²) in [6.07, 6.45) is 9.18. The van der Waals surface area contributed by atoms with E-state index in [0.29, 0.717) is 0 Å². The summed E-state index contributed by atoms with van der Waals surface area (Å²) in [6.45, 7) is 2.35. The first-order valence-electron chi connectivity index (χ1n) is 6.73. The molecule has 0 aliphatic carbocycles. The second-order valence-corrected chi connectivity index (χ2v) is 6.22. The van der Waals surface area contributed by atoms with Crippen molar-refractivity contribution < 1.29 is 0 Å². The van der Waals surface area contributed by atoms with Gasteiger partial charge in [-0.05, 0) is 45.4 Å². The number of hydrogen-bond acceptors (Lipinski definition) is 3. The van der Waals surface area contributed by atoms with E-state index in [1.54, 1.807) is 0 Å². The standard InChI is InChI=1S/C13H26N2S/c1-4-11(9-16-3)15-12-5-6-13(15)8-10(7-12)14-2/h10-14H,4-9H2,1-3H3. The minimum Gasteiger partial charge on any atom is -0.317 e. The topological polar surface area (TPSA) is 15.3 Å². The zero-order valence-electron chi connectivity index (χ0n) is 10.9. The summed E-state index contributed by atoms with van der Waals surface area (Å²) in [5, 5.41) is 3.48. The van der Waals surface area contributed by atoms with Gasteiger partial charge in [-0.2, -0.15) is 11.8 Å². The summed E-state index contributed by atoms with van der Waals surface area (Å²) in [5.74, 6) is 1.31. The molecule has 16 heavy (non-hydrogen) atoms. The van der Waals surface area contributed by atoms with Gasteiger partial charge in [-0.3, -0.25) is 4.90 Å². The number of rotatable bonds is 5. The lowest BCUT2D eigenvalue weighted by atomic mass is 9.95. The number of thioether (sulfide) groups is 1. The SMILES string of the molecule is CCC(CSC)N1C2CCC1CC(NC)C2. The number of piperidine rings is 1. The number of nitrogens with zero attached hydrogens (tertiary/aromatic N) is 1. The molecule has 2 saturated heterocycles. The molecule has 94 valence electrons. The van der Waals surface area contributed by atoms with E-state index < -0.39 is 0 Å². The van der Waals surface area contributed by atoms with Gasteiger partial charge in [-0.1, -0.05) is 6.92 Å². The first-order chi connectivity index (χ1) is 7.80. The second kappa shape index (κ2) is 5.74. The molecule has 2 rings (SSSR count). The van der Waals surface area contributed by atoms with Gasteiger partial charge in [0, 0.05) is 29.9 Å². The molecule has 1 N–H and O–H groups in total. The third-order valence-corrected chi connectivity index (χ3v) is 5.17. The molecule has 0 saturated carbocycles. The lowest BCUT2D eigenvalue weighted by Gasteiger charge is -2.43. The van der Waals surface area contributed by atoms with E-state index in [4.69, 9.17) is 0 Å². The molecule has 0 spiro atoms. The Kier molecular flexibility index (Phi) is 4.57. The zero-order chi connectivity index (χ0) is 11.5. The normalized spacial score (nSPS) is 36.6. The van der Waals surface area contributed by atoms with Crippen molar-refractivity contribution in [3.63, 3.8) is 0 Å². The molecule has 3 atom stereocenters. The Hall–Kier alpha value is 0.270. The van der Waals surface area contributed by atoms with E-state index in [0.717, 1.165) is 24.2 Å². The van der Waals surface area contributed by atoms with Crippen LogP contribution in [0.25, 0.3) is 0 Å². The Morgan fingerprint density at radius 1 is 1.31 bits per heavy atom. The lowest BCUT2D eigenvalue weighted by Crippen LogP contribution is -2.53. The zero-order valence-corrected chi connectivity index (χ0v) is 11.7. The molecule has 0 radical (unpaired) electrons. The van der Waals surface area contributed by atoms with Gasteiger partial charge in [-0.25, -0.2) is 0 Å². The highest BCUT2D eigenvalue weighted by Crippen LogP contribution is 2.38. The van der Waals surface area contributed by atoms with Gasteiger partial charge in [0.1, 0.15) is 0 Å². The van der Waals surface area contributed by atoms with Crippen molar-refractivity contribution >= 4 is 11.8 Å². The predicted octanol–water partition coefficient (Wildman–Crippen LogP) is 2.34. The number of fused-ring (bicyclic) bond motifs is 2. The van der Waals surface area contributed by atoms with Crippen LogP contribution in [0.3, 0.4) is 0 Å². The fourth-order valence-corrected chi connectivity index (χ4v) is 4.44. The van der Waals surface area contributed by atoms with Crippen LogP contribution in [0.5, 0.6) is 0 Å². The van der Waals surface area contributed by atoms with Crippen molar-refractivity contribution in [3.05, 3.63) is 0 Å². The molecule has 0 aromatic rings. The van der Waals surface area contributed by atoms with Gasteiger partial charge in [-0.15, -0.1) is 0 Å². The van der Waals surface area contributed by atoms with Crippen LogP contribution in [0.15, 0.2) is 0 Å². The van der Waals surface area contributed by atoms with E-state index in [1.165, 1.54) is 37.9 Å². The average molecular weight is 242 g/mol. The molecular formula is C13H26N2S. The Bertz CT molecular complexity index is 208. The van der Waals surface area contributed by atoms with Crippen molar-refractivity contribution in [2.45, 2.75) is 63.2 Å². The molecule has 0 aromatic carbocycles. The Morgan fingerprint density at radius 2 is 1.94 bits per heavy atom. The molecule has 2 aliphatic heterocycles. The van der Waals surface area contributed by atoms with E-state index in [2.05, 4.69) is 30.4 Å². The number of nitrogens with one attached hydrogen (secondary N) is 1. The maximum Gasteiger partial charge on any atom is 0.0189 e. The number of hydrogen-bond donors (Lipinski definition) is 1. The molecule has 2 bridgehead atoms. The van der Waals surface area contributed by atoms with E-state index >= 15 is 0 Å². The lowest BCUT2D eigenvalue weighted by molar-refractivity contribution is 0.0794. The van der Waals surface area contributed by atoms with E-state index in [1.807, 2.05) is 11.8 Å². The fraction of sp³-hybridized carbons (Fsp3) is 1.00. The highest BCUT2D eigenvalue weighted by Gasteiger charge is 2.42. The smallest absolute Gasteiger partial charge is 0.0189 e. The van der Waals surface area contributed by atoms with Crippen molar-refractivity contribution in [2.24, 2.45) is 0 Å². The highest BCUT2D eigenvalue weighted by atomic mass is 32.2. The summed E-state index contributed by atoms with van der Waals surface area (Å²) in [7, 11) is 2.12. The molecule has 2 nitrogen and oxygen atoms in total. The molecule has 3 heteroatoms. The van der Waals surface area contributed by atoms with Gasteiger partial charge >= 0.3 is 0 Å². The predicted molar refractivity (Wildman–Crippen MR) is 73.2 cm³/mol. The third kappa shape index (κ3) is 2.41. The van der Waals surface area contributed by atoms with E-state index in [-0.39, 0.29) is 0 Å². The molecule has 2 fully saturated rings. The van der Waals surface area contributed by atoms with Crippen LogP contribution < -0.4 is 5.32 Å². The van der Waals surface area contributed by atoms with Crippen LogP contribution in [0, 0.1) is 0 Å². The van der Waals surface area contributed by atoms with Crippen LogP contribution in [0.2, 0.25) is 0 Å². The summed E-state index contributed by atoms with van der Waals surface area (Å²) in [4.78, 5) is 2.87. The van der Waals surface area contributed by atoms with Crippen LogP contribution in [0.4, 0.5) is 0 Å².